The standard InChI is InChI=1S/C21H23ClN4O3S/c1-4-26-19(12-29-17-8-6-16(28-3)7-9-17)24-25-21(26)30-13-20(27)23-18-10-5-15(22)11-14(18)2/h5-11H,4,12-13H2,1-3H3,(H,23,27). The normalized spacial score (nSPS) is 10.7. The van der Waals surface area contributed by atoms with Crippen LogP contribution in [0.25, 0.3) is 0 Å². The van der Waals surface area contributed by atoms with Gasteiger partial charge >= 0.3 is 0 Å². The monoisotopic (exact) mass is 446 g/mol. The molecule has 0 saturated heterocycles. The molecule has 0 aliphatic carbocycles. The van der Waals surface area contributed by atoms with Crippen molar-refractivity contribution in [2.75, 3.05) is 18.2 Å². The summed E-state index contributed by atoms with van der Waals surface area (Å²) in [4.78, 5) is 12.3. The van der Waals surface area contributed by atoms with Crippen LogP contribution >= 0.6 is 23.4 Å². The fourth-order valence-electron chi connectivity index (χ4n) is 2.75. The molecule has 3 rings (SSSR count). The zero-order chi connectivity index (χ0) is 21.5. The van der Waals surface area contributed by atoms with Crippen LogP contribution in [-0.4, -0.2) is 33.5 Å². The van der Waals surface area contributed by atoms with E-state index in [1.165, 1.54) is 11.8 Å². The number of anilines is 1. The number of carbonyl (C=O) groups is 1. The van der Waals surface area contributed by atoms with E-state index in [4.69, 9.17) is 21.1 Å². The third kappa shape index (κ3) is 5.67. The van der Waals surface area contributed by atoms with Crippen molar-refractivity contribution in [3.05, 3.63) is 58.9 Å². The third-order valence-corrected chi connectivity index (χ3v) is 5.53. The minimum absolute atomic E-state index is 0.118. The molecule has 2 aromatic carbocycles. The molecule has 0 aliphatic rings. The van der Waals surface area contributed by atoms with E-state index in [-0.39, 0.29) is 18.3 Å². The largest absolute Gasteiger partial charge is 0.497 e. The van der Waals surface area contributed by atoms with Crippen LogP contribution in [0.3, 0.4) is 0 Å². The summed E-state index contributed by atoms with van der Waals surface area (Å²) in [6.07, 6.45) is 0. The van der Waals surface area contributed by atoms with E-state index in [0.717, 1.165) is 17.0 Å². The number of methoxy groups -OCH3 is 1. The Balaban J connectivity index is 1.57. The molecule has 0 fully saturated rings. The number of thioether (sulfide) groups is 1. The lowest BCUT2D eigenvalue weighted by Crippen LogP contribution is -2.15. The zero-order valence-corrected chi connectivity index (χ0v) is 18.6. The van der Waals surface area contributed by atoms with Gasteiger partial charge in [-0.3, -0.25) is 4.79 Å². The maximum atomic E-state index is 12.3. The molecule has 0 spiro atoms. The Labute approximate surface area is 184 Å². The Morgan fingerprint density at radius 1 is 1.17 bits per heavy atom. The van der Waals surface area contributed by atoms with Gasteiger partial charge < -0.3 is 19.4 Å². The summed E-state index contributed by atoms with van der Waals surface area (Å²) in [5, 5.41) is 12.6. The molecule has 7 nitrogen and oxygen atoms in total. The van der Waals surface area contributed by atoms with Crippen molar-refractivity contribution in [1.82, 2.24) is 14.8 Å². The van der Waals surface area contributed by atoms with Crippen LogP contribution in [0.15, 0.2) is 47.6 Å². The SMILES string of the molecule is CCn1c(COc2ccc(OC)cc2)nnc1SCC(=O)Nc1ccc(Cl)cc1C. The third-order valence-electron chi connectivity index (χ3n) is 4.33. The maximum absolute atomic E-state index is 12.3. The fraction of sp³-hybridized carbons (Fsp3) is 0.286. The lowest BCUT2D eigenvalue weighted by molar-refractivity contribution is -0.113. The number of aryl methyl sites for hydroxylation is 1. The number of nitrogens with zero attached hydrogens (tertiary/aromatic N) is 3. The maximum Gasteiger partial charge on any atom is 0.234 e. The summed E-state index contributed by atoms with van der Waals surface area (Å²) in [6.45, 7) is 4.86. The van der Waals surface area contributed by atoms with Gasteiger partial charge in [0.1, 0.15) is 18.1 Å². The number of rotatable bonds is 9. The summed E-state index contributed by atoms with van der Waals surface area (Å²) in [5.41, 5.74) is 1.66. The quantitative estimate of drug-likeness (QED) is 0.485. The van der Waals surface area contributed by atoms with E-state index >= 15 is 0 Å². The van der Waals surface area contributed by atoms with Gasteiger partial charge in [-0.05, 0) is 61.9 Å². The molecule has 0 aliphatic heterocycles. The molecule has 0 atom stereocenters. The number of amides is 1. The second-order valence-corrected chi connectivity index (χ2v) is 7.78. The van der Waals surface area contributed by atoms with Gasteiger partial charge in [-0.25, -0.2) is 0 Å². The lowest BCUT2D eigenvalue weighted by atomic mass is 10.2. The lowest BCUT2D eigenvalue weighted by Gasteiger charge is -2.10. The van der Waals surface area contributed by atoms with Crippen LogP contribution in [0.1, 0.15) is 18.3 Å². The van der Waals surface area contributed by atoms with Gasteiger partial charge in [0.2, 0.25) is 5.91 Å². The second-order valence-electron chi connectivity index (χ2n) is 6.40. The minimum Gasteiger partial charge on any atom is -0.497 e. The number of hydrogen-bond acceptors (Lipinski definition) is 6. The van der Waals surface area contributed by atoms with Crippen molar-refractivity contribution in [3.63, 3.8) is 0 Å². The number of nitrogens with one attached hydrogen (secondary N) is 1. The number of benzene rings is 2. The highest BCUT2D eigenvalue weighted by Crippen LogP contribution is 2.22. The van der Waals surface area contributed by atoms with Crippen molar-refractivity contribution in [2.24, 2.45) is 0 Å². The van der Waals surface area contributed by atoms with Crippen molar-refractivity contribution in [2.45, 2.75) is 32.2 Å². The molecule has 1 aromatic heterocycles. The molecule has 1 amide bonds. The Hall–Kier alpha value is -2.71. The van der Waals surface area contributed by atoms with E-state index < -0.39 is 0 Å². The molecule has 3 aromatic rings. The van der Waals surface area contributed by atoms with E-state index in [0.29, 0.717) is 28.3 Å². The van der Waals surface area contributed by atoms with Crippen molar-refractivity contribution >= 4 is 35.0 Å². The first-order chi connectivity index (χ1) is 14.5. The van der Waals surface area contributed by atoms with Gasteiger partial charge in [0.15, 0.2) is 11.0 Å². The molecule has 158 valence electrons. The zero-order valence-electron chi connectivity index (χ0n) is 17.0. The highest BCUT2D eigenvalue weighted by atomic mass is 35.5. The Kier molecular flexibility index (Phi) is 7.59. The molecular weight excluding hydrogens is 424 g/mol. The smallest absolute Gasteiger partial charge is 0.234 e. The summed E-state index contributed by atoms with van der Waals surface area (Å²) < 4.78 is 12.9. The summed E-state index contributed by atoms with van der Waals surface area (Å²) in [6, 6.07) is 12.7. The molecule has 0 radical (unpaired) electrons. The molecule has 30 heavy (non-hydrogen) atoms. The molecule has 0 unspecified atom stereocenters. The van der Waals surface area contributed by atoms with Crippen molar-refractivity contribution < 1.29 is 14.3 Å². The van der Waals surface area contributed by atoms with Crippen LogP contribution < -0.4 is 14.8 Å². The van der Waals surface area contributed by atoms with Crippen molar-refractivity contribution in [1.29, 1.82) is 0 Å². The van der Waals surface area contributed by atoms with Crippen LogP contribution in [0.4, 0.5) is 5.69 Å². The second kappa shape index (κ2) is 10.4. The predicted octanol–water partition coefficient (Wildman–Crippen LogP) is 4.58. The van der Waals surface area contributed by atoms with Crippen molar-refractivity contribution in [3.8, 4) is 11.5 Å². The molecular formula is C21H23ClN4O3S. The van der Waals surface area contributed by atoms with Gasteiger partial charge in [-0.15, -0.1) is 10.2 Å². The van der Waals surface area contributed by atoms with E-state index in [1.54, 1.807) is 19.2 Å². The fourth-order valence-corrected chi connectivity index (χ4v) is 3.80. The summed E-state index contributed by atoms with van der Waals surface area (Å²) >= 11 is 7.29. The number of ether oxygens (including phenoxy) is 2. The van der Waals surface area contributed by atoms with Crippen LogP contribution in [0, 0.1) is 6.92 Å². The Bertz CT molecular complexity index is 1010. The number of carbonyl (C=O) groups excluding carboxylic acids is 1. The molecule has 1 N–H and O–H groups in total. The number of hydrogen-bond donors (Lipinski definition) is 1. The first-order valence-electron chi connectivity index (χ1n) is 9.38. The topological polar surface area (TPSA) is 78.3 Å². The average molecular weight is 447 g/mol. The Morgan fingerprint density at radius 2 is 1.90 bits per heavy atom. The van der Waals surface area contributed by atoms with E-state index in [2.05, 4.69) is 15.5 Å². The Morgan fingerprint density at radius 3 is 2.57 bits per heavy atom. The van der Waals surface area contributed by atoms with Gasteiger partial charge in [-0.1, -0.05) is 23.4 Å². The van der Waals surface area contributed by atoms with Crippen LogP contribution in [0.2, 0.25) is 5.02 Å². The number of halogens is 1. The first kappa shape index (κ1) is 22.0. The highest BCUT2D eigenvalue weighted by molar-refractivity contribution is 7.99. The van der Waals surface area contributed by atoms with E-state index in [1.807, 2.05) is 48.7 Å². The van der Waals surface area contributed by atoms with Gasteiger partial charge in [0.25, 0.3) is 0 Å². The molecule has 1 heterocycles. The number of aromatic nitrogens is 3. The predicted molar refractivity (Wildman–Crippen MR) is 119 cm³/mol. The molecule has 0 bridgehead atoms. The first-order valence-corrected chi connectivity index (χ1v) is 10.7. The van der Waals surface area contributed by atoms with E-state index in [9.17, 15) is 4.79 Å². The highest BCUT2D eigenvalue weighted by Gasteiger charge is 2.14. The van der Waals surface area contributed by atoms with Gasteiger partial charge in [0, 0.05) is 17.3 Å². The van der Waals surface area contributed by atoms with Crippen LogP contribution in [-0.2, 0) is 17.9 Å². The minimum atomic E-state index is -0.118. The molecule has 9 heteroatoms. The average Bonchev–Trinajstić information content (AvgIpc) is 3.15. The molecule has 0 saturated carbocycles. The summed E-state index contributed by atoms with van der Waals surface area (Å²) in [7, 11) is 1.62. The van der Waals surface area contributed by atoms with Gasteiger partial charge in [0.05, 0.1) is 12.9 Å². The van der Waals surface area contributed by atoms with Crippen LogP contribution in [0.5, 0.6) is 11.5 Å². The summed E-state index contributed by atoms with van der Waals surface area (Å²) in [5.74, 6) is 2.29. The van der Waals surface area contributed by atoms with Gasteiger partial charge in [-0.2, -0.15) is 0 Å².